The summed E-state index contributed by atoms with van der Waals surface area (Å²) in [6.45, 7) is 10.4. The second kappa shape index (κ2) is 10.7. The fraction of sp³-hybridized carbons (Fsp3) is 0.762. The molecule has 1 aromatic rings. The van der Waals surface area contributed by atoms with Crippen LogP contribution in [0.1, 0.15) is 39.5 Å². The number of piperidine rings is 1. The van der Waals surface area contributed by atoms with Gasteiger partial charge in [-0.2, -0.15) is 0 Å². The van der Waals surface area contributed by atoms with Crippen LogP contribution in [0.25, 0.3) is 0 Å². The zero-order valence-electron chi connectivity index (χ0n) is 17.3. The number of nitrogens with zero attached hydrogens (tertiary/aromatic N) is 4. The highest BCUT2D eigenvalue weighted by Gasteiger charge is 2.30. The maximum Gasteiger partial charge on any atom is 0.224 e. The predicted molar refractivity (Wildman–Crippen MR) is 110 cm³/mol. The van der Waals surface area contributed by atoms with Gasteiger partial charge in [0, 0.05) is 51.2 Å². The molecule has 3 heterocycles. The van der Waals surface area contributed by atoms with E-state index in [0.29, 0.717) is 12.0 Å². The number of amides is 1. The molecule has 1 N–H and O–H groups in total. The lowest BCUT2D eigenvalue weighted by atomic mass is 9.91. The average molecular weight is 390 g/mol. The minimum atomic E-state index is 0.0165. The normalized spacial score (nSPS) is 22.2. The van der Waals surface area contributed by atoms with Crippen molar-refractivity contribution in [2.45, 2.75) is 45.6 Å². The lowest BCUT2D eigenvalue weighted by molar-refractivity contribution is -0.125. The Bertz CT molecular complexity index is 590. The molecule has 0 radical (unpaired) electrons. The fourth-order valence-electron chi connectivity index (χ4n) is 4.54. The number of aromatic nitrogens is 2. The lowest BCUT2D eigenvalue weighted by Crippen LogP contribution is -2.53. The summed E-state index contributed by atoms with van der Waals surface area (Å²) in [6.07, 6.45) is 9.39. The number of rotatable bonds is 8. The summed E-state index contributed by atoms with van der Waals surface area (Å²) in [7, 11) is 0. The van der Waals surface area contributed by atoms with Gasteiger partial charge in [-0.05, 0) is 18.8 Å². The molecule has 28 heavy (non-hydrogen) atoms. The summed E-state index contributed by atoms with van der Waals surface area (Å²) in [4.78, 5) is 26.2. The van der Waals surface area contributed by atoms with Gasteiger partial charge >= 0.3 is 0 Å². The Labute approximate surface area is 168 Å². The van der Waals surface area contributed by atoms with Crippen molar-refractivity contribution >= 4 is 11.7 Å². The molecule has 1 amide bonds. The highest BCUT2D eigenvalue weighted by molar-refractivity contribution is 5.79. The number of morpholine rings is 1. The van der Waals surface area contributed by atoms with Crippen LogP contribution in [0.2, 0.25) is 0 Å². The Balaban J connectivity index is 1.57. The average Bonchev–Trinajstić information content (AvgIpc) is 2.77. The van der Waals surface area contributed by atoms with Crippen molar-refractivity contribution in [3.05, 3.63) is 18.6 Å². The summed E-state index contributed by atoms with van der Waals surface area (Å²) in [5, 5.41) is 3.29. The minimum Gasteiger partial charge on any atom is -0.379 e. The standard InChI is InChI=1S/C21H35N5O2/c1-3-17(4-2)19(25-10-12-28-13-11-25)14-24-21(27)18-6-5-9-26(16-18)20-15-22-7-8-23-20/h7-8,15,17-19H,3-6,9-14,16H2,1-2H3,(H,24,27)/t18-,19-/m1/s1. The Morgan fingerprint density at radius 2 is 2.04 bits per heavy atom. The fourth-order valence-corrected chi connectivity index (χ4v) is 4.54. The molecule has 2 aliphatic heterocycles. The van der Waals surface area contributed by atoms with E-state index in [-0.39, 0.29) is 11.8 Å². The maximum absolute atomic E-state index is 12.9. The Kier molecular flexibility index (Phi) is 8.03. The van der Waals surface area contributed by atoms with Gasteiger partial charge in [-0.3, -0.25) is 14.7 Å². The van der Waals surface area contributed by atoms with Crippen molar-refractivity contribution in [2.24, 2.45) is 11.8 Å². The van der Waals surface area contributed by atoms with E-state index in [2.05, 4.69) is 38.9 Å². The van der Waals surface area contributed by atoms with Gasteiger partial charge in [0.25, 0.3) is 0 Å². The Morgan fingerprint density at radius 1 is 1.25 bits per heavy atom. The third-order valence-electron chi connectivity index (χ3n) is 6.26. The third kappa shape index (κ3) is 5.41. The molecule has 0 spiro atoms. The van der Waals surface area contributed by atoms with Gasteiger partial charge in [-0.15, -0.1) is 0 Å². The SMILES string of the molecule is CCC(CC)[C@@H](CNC(=O)[C@@H]1CCCN(c2cnccn2)C1)N1CCOCC1. The molecule has 0 aromatic carbocycles. The van der Waals surface area contributed by atoms with Crippen LogP contribution in [0.5, 0.6) is 0 Å². The van der Waals surface area contributed by atoms with Crippen molar-refractivity contribution in [1.29, 1.82) is 0 Å². The smallest absolute Gasteiger partial charge is 0.224 e. The van der Waals surface area contributed by atoms with Crippen molar-refractivity contribution < 1.29 is 9.53 Å². The first-order valence-electron chi connectivity index (χ1n) is 10.8. The number of hydrogen-bond donors (Lipinski definition) is 1. The first-order chi connectivity index (χ1) is 13.7. The van der Waals surface area contributed by atoms with Gasteiger partial charge in [0.05, 0.1) is 25.3 Å². The molecule has 0 unspecified atom stereocenters. The predicted octanol–water partition coefficient (Wildman–Crippen LogP) is 1.95. The van der Waals surface area contributed by atoms with Crippen molar-refractivity contribution in [3.8, 4) is 0 Å². The summed E-state index contributed by atoms with van der Waals surface area (Å²) in [5.74, 6) is 1.66. The summed E-state index contributed by atoms with van der Waals surface area (Å²) in [6, 6.07) is 0.391. The van der Waals surface area contributed by atoms with E-state index in [9.17, 15) is 4.79 Å². The quantitative estimate of drug-likeness (QED) is 0.733. The van der Waals surface area contributed by atoms with Gasteiger partial charge in [0.2, 0.25) is 5.91 Å². The van der Waals surface area contributed by atoms with Gasteiger partial charge < -0.3 is 15.0 Å². The molecular weight excluding hydrogens is 354 g/mol. The molecule has 2 atom stereocenters. The first kappa shape index (κ1) is 21.0. The summed E-state index contributed by atoms with van der Waals surface area (Å²) >= 11 is 0. The third-order valence-corrected chi connectivity index (χ3v) is 6.26. The van der Waals surface area contributed by atoms with Crippen LogP contribution >= 0.6 is 0 Å². The van der Waals surface area contributed by atoms with Crippen LogP contribution < -0.4 is 10.2 Å². The van der Waals surface area contributed by atoms with E-state index in [1.54, 1.807) is 18.6 Å². The topological polar surface area (TPSA) is 70.6 Å². The van der Waals surface area contributed by atoms with Crippen LogP contribution in [0, 0.1) is 11.8 Å². The minimum absolute atomic E-state index is 0.0165. The molecule has 0 bridgehead atoms. The molecular formula is C21H35N5O2. The van der Waals surface area contributed by atoms with Gasteiger partial charge in [-0.25, -0.2) is 4.98 Å². The number of anilines is 1. The van der Waals surface area contributed by atoms with E-state index in [4.69, 9.17) is 4.74 Å². The highest BCUT2D eigenvalue weighted by atomic mass is 16.5. The van der Waals surface area contributed by atoms with E-state index < -0.39 is 0 Å². The number of nitrogens with one attached hydrogen (secondary N) is 1. The Hall–Kier alpha value is -1.73. The van der Waals surface area contributed by atoms with Gasteiger partial charge in [0.1, 0.15) is 5.82 Å². The molecule has 7 nitrogen and oxygen atoms in total. The zero-order valence-corrected chi connectivity index (χ0v) is 17.3. The molecule has 2 aliphatic rings. The number of hydrogen-bond acceptors (Lipinski definition) is 6. The monoisotopic (exact) mass is 389 g/mol. The number of carbonyl (C=O) groups is 1. The molecule has 7 heteroatoms. The van der Waals surface area contributed by atoms with Crippen molar-refractivity contribution in [2.75, 3.05) is 50.8 Å². The van der Waals surface area contributed by atoms with Crippen molar-refractivity contribution in [1.82, 2.24) is 20.2 Å². The van der Waals surface area contributed by atoms with E-state index in [0.717, 1.165) is 77.4 Å². The molecule has 0 aliphatic carbocycles. The number of carbonyl (C=O) groups excluding carboxylic acids is 1. The molecule has 3 rings (SSSR count). The summed E-state index contributed by atoms with van der Waals surface area (Å²) in [5.41, 5.74) is 0. The van der Waals surface area contributed by atoms with Crippen LogP contribution in [0.3, 0.4) is 0 Å². The van der Waals surface area contributed by atoms with E-state index >= 15 is 0 Å². The molecule has 0 saturated carbocycles. The van der Waals surface area contributed by atoms with Crippen LogP contribution in [0.4, 0.5) is 5.82 Å². The maximum atomic E-state index is 12.9. The van der Waals surface area contributed by atoms with Gasteiger partial charge in [0.15, 0.2) is 0 Å². The molecule has 2 saturated heterocycles. The summed E-state index contributed by atoms with van der Waals surface area (Å²) < 4.78 is 5.53. The highest BCUT2D eigenvalue weighted by Crippen LogP contribution is 2.22. The van der Waals surface area contributed by atoms with Crippen LogP contribution in [-0.4, -0.2) is 72.8 Å². The molecule has 156 valence electrons. The first-order valence-corrected chi connectivity index (χ1v) is 10.8. The second-order valence-electron chi connectivity index (χ2n) is 7.89. The lowest BCUT2D eigenvalue weighted by Gasteiger charge is -2.39. The van der Waals surface area contributed by atoms with Crippen LogP contribution in [0.15, 0.2) is 18.6 Å². The van der Waals surface area contributed by atoms with Gasteiger partial charge in [-0.1, -0.05) is 26.7 Å². The van der Waals surface area contributed by atoms with E-state index in [1.165, 1.54) is 0 Å². The zero-order chi connectivity index (χ0) is 19.8. The Morgan fingerprint density at radius 3 is 2.71 bits per heavy atom. The van der Waals surface area contributed by atoms with E-state index in [1.807, 2.05) is 0 Å². The van der Waals surface area contributed by atoms with Crippen LogP contribution in [-0.2, 0) is 9.53 Å². The molecule has 1 aromatic heterocycles. The number of ether oxygens (including phenoxy) is 1. The van der Waals surface area contributed by atoms with Crippen molar-refractivity contribution in [3.63, 3.8) is 0 Å². The largest absolute Gasteiger partial charge is 0.379 e. The second-order valence-corrected chi connectivity index (χ2v) is 7.89. The molecule has 2 fully saturated rings.